The van der Waals surface area contributed by atoms with E-state index in [1.807, 2.05) is 6.92 Å². The summed E-state index contributed by atoms with van der Waals surface area (Å²) in [6, 6.07) is 0. The molecule has 2 amide bonds. The van der Waals surface area contributed by atoms with Crippen molar-refractivity contribution in [1.82, 2.24) is 13.3 Å². The molecule has 164 valence electrons. The summed E-state index contributed by atoms with van der Waals surface area (Å²) in [5.74, 6) is -0.417. The van der Waals surface area contributed by atoms with E-state index in [4.69, 9.17) is 25.7 Å². The zero-order valence-electron chi connectivity index (χ0n) is 17.2. The molecule has 0 bridgehead atoms. The highest BCUT2D eigenvalue weighted by Crippen LogP contribution is 2.54. The third-order valence-electron chi connectivity index (χ3n) is 2.93. The number of nitrogens with zero attached hydrogens (tertiary/aromatic N) is 4. The number of carbonyl (C=O) groups excluding carboxylic acids is 2. The van der Waals surface area contributed by atoms with Crippen LogP contribution >= 0.6 is 18.4 Å². The summed E-state index contributed by atoms with van der Waals surface area (Å²) < 4.78 is 26.3. The standard InChI is InChI=1S/C14H29N4O6PS3/c1-8-11-18(25(26,22-9-2)23-10-3)28(21)17(6)14(20)24-15-12(27-7)13(19)16(4)5/h8-11H2,1-7H3. The Morgan fingerprint density at radius 1 is 1.18 bits per heavy atom. The Kier molecular flexibility index (Phi) is 13.6. The zero-order chi connectivity index (χ0) is 21.9. The van der Waals surface area contributed by atoms with Gasteiger partial charge in [-0.3, -0.25) is 9.63 Å². The number of amides is 2. The Labute approximate surface area is 179 Å². The van der Waals surface area contributed by atoms with Gasteiger partial charge in [0.05, 0.1) is 26.8 Å². The van der Waals surface area contributed by atoms with E-state index in [2.05, 4.69) is 5.16 Å². The van der Waals surface area contributed by atoms with Gasteiger partial charge < -0.3 is 18.5 Å². The monoisotopic (exact) mass is 476 g/mol. The highest BCUT2D eigenvalue weighted by atomic mass is 32.5. The van der Waals surface area contributed by atoms with E-state index in [9.17, 15) is 14.1 Å². The fourth-order valence-corrected chi connectivity index (χ4v) is 7.04. The lowest BCUT2D eigenvalue weighted by atomic mass is 10.5. The van der Waals surface area contributed by atoms with Gasteiger partial charge in [-0.25, -0.2) is 4.79 Å². The van der Waals surface area contributed by atoms with E-state index in [0.29, 0.717) is 13.0 Å². The van der Waals surface area contributed by atoms with Crippen LogP contribution in [0.3, 0.4) is 0 Å². The molecule has 0 aromatic heterocycles. The van der Waals surface area contributed by atoms with Crippen LogP contribution in [0, 0.1) is 0 Å². The molecule has 0 aromatic rings. The minimum absolute atomic E-state index is 0.0169. The maximum Gasteiger partial charge on any atom is 0.479 e. The smallest absolute Gasteiger partial charge is 0.479 e. The second-order valence-electron chi connectivity index (χ2n) is 5.27. The first-order valence-electron chi connectivity index (χ1n) is 8.46. The van der Waals surface area contributed by atoms with Crippen molar-refractivity contribution in [3.8, 4) is 0 Å². The normalized spacial score (nSPS) is 13.4. The van der Waals surface area contributed by atoms with Crippen LogP contribution in [0.25, 0.3) is 0 Å². The second-order valence-corrected chi connectivity index (χ2v) is 11.1. The number of oxime groups is 1. The predicted octanol–water partition coefficient (Wildman–Crippen LogP) is 2.41. The SMILES string of the molecule is CCCN([S+]([O-])N(C)C(=O)ON=C(SC)C(=O)N(C)C)P(=S)(OCC)OCC. The summed E-state index contributed by atoms with van der Waals surface area (Å²) in [5, 5.41) is 3.55. The van der Waals surface area contributed by atoms with Crippen molar-refractivity contribution in [1.29, 1.82) is 0 Å². The number of rotatable bonds is 10. The quantitative estimate of drug-likeness (QED) is 0.117. The summed E-state index contributed by atoms with van der Waals surface area (Å²) in [4.78, 5) is 30.3. The highest BCUT2D eigenvalue weighted by Gasteiger charge is 2.42. The van der Waals surface area contributed by atoms with Gasteiger partial charge in [-0.1, -0.05) is 12.1 Å². The molecule has 10 nitrogen and oxygen atoms in total. The second kappa shape index (κ2) is 13.8. The first-order chi connectivity index (χ1) is 13.1. The van der Waals surface area contributed by atoms with Gasteiger partial charge in [0.1, 0.15) is 0 Å². The maximum absolute atomic E-state index is 13.0. The molecule has 14 heteroatoms. The third-order valence-corrected chi connectivity index (χ3v) is 9.24. The van der Waals surface area contributed by atoms with Crippen molar-refractivity contribution < 1.29 is 28.0 Å². The van der Waals surface area contributed by atoms with Crippen LogP contribution in [0.1, 0.15) is 27.2 Å². The van der Waals surface area contributed by atoms with Gasteiger partial charge in [0.15, 0.2) is 11.5 Å². The Balaban J connectivity index is 5.44. The summed E-state index contributed by atoms with van der Waals surface area (Å²) >= 11 is 4.50. The number of hydrogen-bond donors (Lipinski definition) is 0. The third kappa shape index (κ3) is 8.15. The molecule has 1 atom stereocenters. The van der Waals surface area contributed by atoms with Crippen molar-refractivity contribution in [2.75, 3.05) is 47.2 Å². The molecular weight excluding hydrogens is 447 g/mol. The Hall–Kier alpha value is -0.400. The summed E-state index contributed by atoms with van der Waals surface area (Å²) in [6.45, 7) is 3.18. The van der Waals surface area contributed by atoms with Crippen molar-refractivity contribution in [2.45, 2.75) is 27.2 Å². The van der Waals surface area contributed by atoms with E-state index < -0.39 is 30.2 Å². The van der Waals surface area contributed by atoms with E-state index >= 15 is 0 Å². The Bertz CT molecular complexity index is 585. The van der Waals surface area contributed by atoms with Crippen molar-refractivity contribution >= 4 is 58.8 Å². The molecule has 0 aliphatic carbocycles. The summed E-state index contributed by atoms with van der Waals surface area (Å²) in [5.41, 5.74) is 0. The lowest BCUT2D eigenvalue weighted by molar-refractivity contribution is -0.121. The Morgan fingerprint density at radius 2 is 1.71 bits per heavy atom. The number of thioether (sulfide) groups is 1. The molecule has 0 saturated heterocycles. The molecule has 0 aliphatic rings. The topological polar surface area (TPSA) is 107 Å². The minimum Gasteiger partial charge on any atom is -0.573 e. The zero-order valence-corrected chi connectivity index (χ0v) is 20.6. The van der Waals surface area contributed by atoms with Gasteiger partial charge in [0, 0.05) is 14.1 Å². The van der Waals surface area contributed by atoms with Crippen LogP contribution in [0.2, 0.25) is 0 Å². The minimum atomic E-state index is -3.05. The lowest BCUT2D eigenvalue weighted by Gasteiger charge is -2.33. The van der Waals surface area contributed by atoms with Crippen molar-refractivity contribution in [3.63, 3.8) is 0 Å². The van der Waals surface area contributed by atoms with E-state index in [0.717, 1.165) is 16.1 Å². The maximum atomic E-state index is 13.0. The molecule has 1 unspecified atom stereocenters. The van der Waals surface area contributed by atoms with Gasteiger partial charge in [-0.2, -0.15) is 0 Å². The molecule has 0 aliphatic heterocycles. The molecule has 28 heavy (non-hydrogen) atoms. The fourth-order valence-electron chi connectivity index (χ4n) is 1.67. The molecule has 0 rings (SSSR count). The van der Waals surface area contributed by atoms with Crippen LogP contribution in [-0.2, 0) is 42.0 Å². The van der Waals surface area contributed by atoms with Gasteiger partial charge >= 0.3 is 12.7 Å². The van der Waals surface area contributed by atoms with Gasteiger partial charge in [-0.15, -0.1) is 16.1 Å². The van der Waals surface area contributed by atoms with Gasteiger partial charge in [0.25, 0.3) is 5.91 Å². The van der Waals surface area contributed by atoms with E-state index in [1.165, 1.54) is 16.0 Å². The molecule has 0 spiro atoms. The van der Waals surface area contributed by atoms with E-state index in [-0.39, 0.29) is 18.3 Å². The average Bonchev–Trinajstić information content (AvgIpc) is 2.65. The summed E-state index contributed by atoms with van der Waals surface area (Å²) in [7, 11) is 4.38. The molecule has 0 saturated carbocycles. The summed E-state index contributed by atoms with van der Waals surface area (Å²) in [6.07, 6.45) is 1.23. The average molecular weight is 477 g/mol. The molecule has 0 aromatic carbocycles. The van der Waals surface area contributed by atoms with Crippen LogP contribution in [0.4, 0.5) is 4.79 Å². The molecule has 0 radical (unpaired) electrons. The van der Waals surface area contributed by atoms with Gasteiger partial charge in [0.2, 0.25) is 5.04 Å². The van der Waals surface area contributed by atoms with Crippen LogP contribution in [0.5, 0.6) is 0 Å². The van der Waals surface area contributed by atoms with Crippen molar-refractivity contribution in [3.05, 3.63) is 0 Å². The lowest BCUT2D eigenvalue weighted by Crippen LogP contribution is -2.44. The first kappa shape index (κ1) is 27.6. The molecule has 0 heterocycles. The molecule has 0 N–H and O–H groups in total. The Morgan fingerprint density at radius 3 is 2.11 bits per heavy atom. The fraction of sp³-hybridized carbons (Fsp3) is 0.786. The predicted molar refractivity (Wildman–Crippen MR) is 117 cm³/mol. The van der Waals surface area contributed by atoms with Gasteiger partial charge in [-0.05, 0) is 42.4 Å². The number of hydrogen-bond acceptors (Lipinski definition) is 9. The van der Waals surface area contributed by atoms with Crippen LogP contribution in [0.15, 0.2) is 5.16 Å². The number of carbonyl (C=O) groups is 2. The van der Waals surface area contributed by atoms with Crippen LogP contribution < -0.4 is 0 Å². The first-order valence-corrected chi connectivity index (χ1v) is 13.3. The van der Waals surface area contributed by atoms with E-state index in [1.54, 1.807) is 34.2 Å². The molecular formula is C14H29N4O6PS3. The largest absolute Gasteiger partial charge is 0.573 e. The van der Waals surface area contributed by atoms with Crippen molar-refractivity contribution in [2.24, 2.45) is 5.16 Å². The highest BCUT2D eigenvalue weighted by molar-refractivity contribution is 8.15. The molecule has 0 fully saturated rings. The van der Waals surface area contributed by atoms with Crippen LogP contribution in [-0.4, -0.2) is 82.0 Å².